The van der Waals surface area contributed by atoms with Gasteiger partial charge in [0.2, 0.25) is 0 Å². The third-order valence-electron chi connectivity index (χ3n) is 5.00. The second-order valence-corrected chi connectivity index (χ2v) is 10.3. The Morgan fingerprint density at radius 3 is 1.44 bits per heavy atom. The Morgan fingerprint density at radius 1 is 0.765 bits per heavy atom. The molecule has 0 amide bonds. The second-order valence-electron chi connectivity index (χ2n) is 10.3. The van der Waals surface area contributed by atoms with E-state index in [1.807, 2.05) is 0 Å². The van der Waals surface area contributed by atoms with E-state index in [0.29, 0.717) is 0 Å². The first-order valence-electron chi connectivity index (χ1n) is 10.9. The van der Waals surface area contributed by atoms with Crippen molar-refractivity contribution in [2.24, 2.45) is 16.2 Å². The SMILES string of the molecule is C=C(C)C(=O)OOCC(C)(C)CC(CCCC(=O)O)(CC(C)(C)COOC(=O)C(=C)C)C(=O)O. The van der Waals surface area contributed by atoms with Gasteiger partial charge in [0.15, 0.2) is 0 Å². The smallest absolute Gasteiger partial charge is 0.368 e. The molecule has 2 N–H and O–H groups in total. The molecule has 10 heteroatoms. The van der Waals surface area contributed by atoms with Gasteiger partial charge in [-0.25, -0.2) is 9.59 Å². The van der Waals surface area contributed by atoms with Gasteiger partial charge in [-0.2, -0.15) is 9.78 Å². The molecule has 0 aromatic heterocycles. The van der Waals surface area contributed by atoms with Crippen LogP contribution in [0.3, 0.4) is 0 Å². The second kappa shape index (κ2) is 13.2. The molecule has 0 saturated carbocycles. The van der Waals surface area contributed by atoms with Gasteiger partial charge in [0.25, 0.3) is 0 Å². The molecule has 0 heterocycles. The Hall–Kier alpha value is -2.72. The normalized spacial score (nSPS) is 12.1. The molecule has 194 valence electrons. The zero-order chi connectivity index (χ0) is 26.7. The van der Waals surface area contributed by atoms with Crippen LogP contribution >= 0.6 is 0 Å². The number of carboxylic acid groups (broad SMARTS) is 2. The van der Waals surface area contributed by atoms with Crippen LogP contribution in [0, 0.1) is 16.2 Å². The number of aliphatic carboxylic acids is 2. The van der Waals surface area contributed by atoms with Crippen LogP contribution in [0.5, 0.6) is 0 Å². The van der Waals surface area contributed by atoms with Crippen LogP contribution in [0.4, 0.5) is 0 Å². The zero-order valence-corrected chi connectivity index (χ0v) is 21.0. The number of carboxylic acids is 2. The van der Waals surface area contributed by atoms with E-state index < -0.39 is 40.1 Å². The lowest BCUT2D eigenvalue weighted by Crippen LogP contribution is -2.42. The quantitative estimate of drug-likeness (QED) is 0.174. The van der Waals surface area contributed by atoms with Gasteiger partial charge in [-0.05, 0) is 50.4 Å². The third-order valence-corrected chi connectivity index (χ3v) is 5.00. The molecule has 0 aromatic carbocycles. The van der Waals surface area contributed by atoms with E-state index in [0.717, 1.165) is 0 Å². The van der Waals surface area contributed by atoms with Crippen molar-refractivity contribution in [1.82, 2.24) is 0 Å². The highest BCUT2D eigenvalue weighted by atomic mass is 17.2. The lowest BCUT2D eigenvalue weighted by atomic mass is 9.63. The summed E-state index contributed by atoms with van der Waals surface area (Å²) in [6.45, 7) is 16.7. The van der Waals surface area contributed by atoms with Crippen molar-refractivity contribution >= 4 is 23.9 Å². The summed E-state index contributed by atoms with van der Waals surface area (Å²) in [5.74, 6) is -3.59. The first kappa shape index (κ1) is 31.3. The standard InChI is InChI=1S/C24H38O10/c1-16(2)19(27)33-31-14-22(5,6)12-24(21(29)30,11-9-10-18(25)26)13-23(7,8)15-32-34-20(28)17(3)4/h1,3,9-15H2,2,4-8H3,(H,25,26)(H,29,30). The number of carbonyl (C=O) groups excluding carboxylic acids is 2. The minimum Gasteiger partial charge on any atom is -0.481 e. The van der Waals surface area contributed by atoms with Crippen molar-refractivity contribution in [1.29, 1.82) is 0 Å². The van der Waals surface area contributed by atoms with Crippen molar-refractivity contribution in [2.75, 3.05) is 13.2 Å². The van der Waals surface area contributed by atoms with E-state index >= 15 is 0 Å². The molecule has 0 spiro atoms. The van der Waals surface area contributed by atoms with Crippen LogP contribution in [0.25, 0.3) is 0 Å². The Morgan fingerprint density at radius 2 is 1.15 bits per heavy atom. The largest absolute Gasteiger partial charge is 0.481 e. The maximum atomic E-state index is 12.6. The van der Waals surface area contributed by atoms with Crippen molar-refractivity contribution < 1.29 is 48.9 Å². The first-order valence-corrected chi connectivity index (χ1v) is 10.9. The summed E-state index contributed by atoms with van der Waals surface area (Å²) in [5.41, 5.74) is -2.58. The maximum absolute atomic E-state index is 12.6. The van der Waals surface area contributed by atoms with Gasteiger partial charge in [0.05, 0.1) is 18.6 Å². The van der Waals surface area contributed by atoms with Gasteiger partial charge >= 0.3 is 23.9 Å². The van der Waals surface area contributed by atoms with Gasteiger partial charge in [-0.3, -0.25) is 19.4 Å². The fourth-order valence-electron chi connectivity index (χ4n) is 3.64. The average Bonchev–Trinajstić information content (AvgIpc) is 2.65. The molecule has 0 unspecified atom stereocenters. The van der Waals surface area contributed by atoms with Crippen LogP contribution in [0.1, 0.15) is 73.6 Å². The molecule has 0 aliphatic carbocycles. The zero-order valence-electron chi connectivity index (χ0n) is 21.0. The predicted octanol–water partition coefficient (Wildman–Crippen LogP) is 4.25. The van der Waals surface area contributed by atoms with Crippen molar-refractivity contribution in [2.45, 2.75) is 73.6 Å². The molecule has 0 fully saturated rings. The molecule has 0 aliphatic rings. The Labute approximate surface area is 200 Å². The number of rotatable bonds is 17. The number of hydrogen-bond acceptors (Lipinski definition) is 8. The molecule has 0 rings (SSSR count). The lowest BCUT2D eigenvalue weighted by molar-refractivity contribution is -0.284. The molecule has 0 aromatic rings. The van der Waals surface area contributed by atoms with Gasteiger partial charge in [0.1, 0.15) is 0 Å². The van der Waals surface area contributed by atoms with E-state index in [9.17, 15) is 24.3 Å². The highest BCUT2D eigenvalue weighted by Crippen LogP contribution is 2.46. The molecule has 0 radical (unpaired) electrons. The monoisotopic (exact) mass is 486 g/mol. The molecule has 0 bridgehead atoms. The van der Waals surface area contributed by atoms with Gasteiger partial charge in [-0.1, -0.05) is 40.9 Å². The summed E-state index contributed by atoms with van der Waals surface area (Å²) < 4.78 is 0. The average molecular weight is 487 g/mol. The highest BCUT2D eigenvalue weighted by molar-refractivity contribution is 5.86. The van der Waals surface area contributed by atoms with Gasteiger partial charge < -0.3 is 10.2 Å². The number of carbonyl (C=O) groups is 4. The van der Waals surface area contributed by atoms with Crippen LogP contribution in [-0.2, 0) is 38.7 Å². The van der Waals surface area contributed by atoms with Crippen molar-refractivity contribution in [3.63, 3.8) is 0 Å². The summed E-state index contributed by atoms with van der Waals surface area (Å²) in [7, 11) is 0. The maximum Gasteiger partial charge on any atom is 0.368 e. The fourth-order valence-corrected chi connectivity index (χ4v) is 3.64. The molecule has 10 nitrogen and oxygen atoms in total. The Kier molecular flexibility index (Phi) is 12.2. The molecular weight excluding hydrogens is 448 g/mol. The molecule has 0 atom stereocenters. The molecule has 34 heavy (non-hydrogen) atoms. The number of hydrogen-bond donors (Lipinski definition) is 2. The summed E-state index contributed by atoms with van der Waals surface area (Å²) in [5, 5.41) is 19.3. The molecule has 0 aliphatic heterocycles. The topological polar surface area (TPSA) is 146 Å². The summed E-state index contributed by atoms with van der Waals surface area (Å²) in [6.07, 6.45) is 0.224. The highest BCUT2D eigenvalue weighted by Gasteiger charge is 2.46. The molecular formula is C24H38O10. The van der Waals surface area contributed by atoms with E-state index in [1.54, 1.807) is 27.7 Å². The van der Waals surface area contributed by atoms with Crippen molar-refractivity contribution in [3.05, 3.63) is 24.3 Å². The Bertz CT molecular complexity index is 733. The summed E-state index contributed by atoms with van der Waals surface area (Å²) in [6, 6.07) is 0. The van der Waals surface area contributed by atoms with Crippen LogP contribution in [0.15, 0.2) is 24.3 Å². The minimum absolute atomic E-state index is 0.0819. The van der Waals surface area contributed by atoms with Crippen LogP contribution in [0.2, 0.25) is 0 Å². The van der Waals surface area contributed by atoms with Crippen molar-refractivity contribution in [3.8, 4) is 0 Å². The van der Waals surface area contributed by atoms with E-state index in [-0.39, 0.29) is 56.5 Å². The van der Waals surface area contributed by atoms with Crippen LogP contribution in [-0.4, -0.2) is 47.3 Å². The van der Waals surface area contributed by atoms with E-state index in [1.165, 1.54) is 13.8 Å². The van der Waals surface area contributed by atoms with E-state index in [2.05, 4.69) is 22.9 Å². The predicted molar refractivity (Wildman–Crippen MR) is 122 cm³/mol. The third kappa shape index (κ3) is 11.9. The lowest BCUT2D eigenvalue weighted by Gasteiger charge is -2.41. The minimum atomic E-state index is -1.36. The van der Waals surface area contributed by atoms with E-state index in [4.69, 9.17) is 14.9 Å². The molecule has 0 saturated heterocycles. The summed E-state index contributed by atoms with van der Waals surface area (Å²) in [4.78, 5) is 66.2. The first-order chi connectivity index (χ1) is 15.4. The Balaban J connectivity index is 5.62. The van der Waals surface area contributed by atoms with Crippen LogP contribution < -0.4 is 0 Å². The van der Waals surface area contributed by atoms with Gasteiger partial charge in [0, 0.05) is 17.6 Å². The summed E-state index contributed by atoms with van der Waals surface area (Å²) >= 11 is 0. The van der Waals surface area contributed by atoms with Gasteiger partial charge in [-0.15, -0.1) is 0 Å². The fraction of sp³-hybridized carbons (Fsp3) is 0.667.